The Morgan fingerprint density at radius 1 is 0.968 bits per heavy atom. The van der Waals surface area contributed by atoms with E-state index in [1.54, 1.807) is 6.07 Å². The number of nitrogens with one attached hydrogen (secondary N) is 2. The van der Waals surface area contributed by atoms with Crippen molar-refractivity contribution in [2.45, 2.75) is 9.79 Å². The number of amides is 1. The van der Waals surface area contributed by atoms with Gasteiger partial charge in [0.05, 0.1) is 10.4 Å². The van der Waals surface area contributed by atoms with Gasteiger partial charge in [-0.05, 0) is 48.5 Å². The topological polar surface area (TPSA) is 116 Å². The molecule has 7 nitrogen and oxygen atoms in total. The zero-order chi connectivity index (χ0) is 22.2. The molecule has 4 rings (SSSR count). The molecule has 31 heavy (non-hydrogen) atoms. The van der Waals surface area contributed by atoms with E-state index >= 15 is 0 Å². The second kappa shape index (κ2) is 7.69. The Labute approximate surface area is 175 Å². The van der Waals surface area contributed by atoms with Crippen molar-refractivity contribution in [1.29, 1.82) is 0 Å². The molecule has 156 valence electrons. The third kappa shape index (κ3) is 3.78. The summed E-state index contributed by atoms with van der Waals surface area (Å²) >= 11 is 0. The van der Waals surface area contributed by atoms with Crippen LogP contribution in [0, 0.1) is 5.82 Å². The first-order valence-corrected chi connectivity index (χ1v) is 10.5. The highest BCUT2D eigenvalue weighted by Gasteiger charge is 2.27. The van der Waals surface area contributed by atoms with E-state index in [0.717, 1.165) is 6.07 Å². The lowest BCUT2D eigenvalue weighted by molar-refractivity contribution is 0.102. The maximum absolute atomic E-state index is 13.3. The summed E-state index contributed by atoms with van der Waals surface area (Å²) in [7, 11) is -4.27. The Morgan fingerprint density at radius 2 is 1.71 bits per heavy atom. The third-order valence-electron chi connectivity index (χ3n) is 4.61. The number of rotatable bonds is 4. The number of carbonyl (C=O) groups excluding carboxylic acids is 1. The van der Waals surface area contributed by atoms with Gasteiger partial charge in [-0.15, -0.1) is 0 Å². The molecule has 0 saturated heterocycles. The predicted octanol–water partition coefficient (Wildman–Crippen LogP) is 3.46. The maximum atomic E-state index is 13.3. The fraction of sp³-hybridized carbons (Fsp3) is 0. The number of sulfone groups is 1. The van der Waals surface area contributed by atoms with Gasteiger partial charge in [0.25, 0.3) is 11.5 Å². The van der Waals surface area contributed by atoms with Gasteiger partial charge in [0, 0.05) is 16.6 Å². The number of halogens is 1. The zero-order valence-corrected chi connectivity index (χ0v) is 16.6. The smallest absolute Gasteiger partial charge is 0.271 e. The Kier molecular flexibility index (Phi) is 5.04. The Bertz CT molecular complexity index is 1480. The second-order valence-electron chi connectivity index (χ2n) is 6.67. The number of aromatic hydroxyl groups is 1. The number of pyridine rings is 1. The summed E-state index contributed by atoms with van der Waals surface area (Å²) in [6.45, 7) is 0. The van der Waals surface area contributed by atoms with Gasteiger partial charge in [-0.1, -0.05) is 24.3 Å². The molecule has 9 heteroatoms. The van der Waals surface area contributed by atoms with E-state index in [2.05, 4.69) is 10.3 Å². The van der Waals surface area contributed by atoms with Gasteiger partial charge in [-0.2, -0.15) is 0 Å². The normalized spacial score (nSPS) is 11.4. The lowest BCUT2D eigenvalue weighted by Gasteiger charge is -2.10. The van der Waals surface area contributed by atoms with Crippen LogP contribution in [0.1, 0.15) is 10.4 Å². The largest absolute Gasteiger partial charge is 0.506 e. The van der Waals surface area contributed by atoms with Crippen LogP contribution in [-0.2, 0) is 9.84 Å². The van der Waals surface area contributed by atoms with E-state index in [1.165, 1.54) is 60.7 Å². The maximum Gasteiger partial charge on any atom is 0.271 e. The van der Waals surface area contributed by atoms with Crippen LogP contribution >= 0.6 is 0 Å². The van der Waals surface area contributed by atoms with Crippen molar-refractivity contribution in [2.75, 3.05) is 5.32 Å². The molecule has 0 aliphatic heterocycles. The molecule has 0 aliphatic rings. The lowest BCUT2D eigenvalue weighted by Crippen LogP contribution is -2.18. The van der Waals surface area contributed by atoms with Crippen molar-refractivity contribution in [3.8, 4) is 5.75 Å². The van der Waals surface area contributed by atoms with Crippen molar-refractivity contribution in [2.24, 2.45) is 0 Å². The highest BCUT2D eigenvalue weighted by atomic mass is 32.2. The molecule has 0 unspecified atom stereocenters. The molecule has 0 bridgehead atoms. The van der Waals surface area contributed by atoms with E-state index in [-0.39, 0.29) is 27.0 Å². The molecule has 0 atom stereocenters. The first kappa shape index (κ1) is 20.3. The molecule has 0 aliphatic carbocycles. The summed E-state index contributed by atoms with van der Waals surface area (Å²) in [6.07, 6.45) is 0. The van der Waals surface area contributed by atoms with Gasteiger partial charge in [-0.25, -0.2) is 12.8 Å². The number of aromatic nitrogens is 1. The minimum atomic E-state index is -4.27. The molecular weight excluding hydrogens is 423 g/mol. The average Bonchev–Trinajstić information content (AvgIpc) is 2.73. The monoisotopic (exact) mass is 438 g/mol. The fourth-order valence-electron chi connectivity index (χ4n) is 3.14. The number of fused-ring (bicyclic) bond motifs is 1. The standard InChI is InChI=1S/C22H15FN2O5S/c23-14-5-4-6-15(12-14)24-21(27)13-9-10-17-18(11-13)25-22(28)20(19(17)26)31(29,30)16-7-2-1-3-8-16/h1-12H,(H,24,27)(H2,25,26,28). The summed E-state index contributed by atoms with van der Waals surface area (Å²) in [6, 6.07) is 16.6. The molecule has 3 aromatic carbocycles. The summed E-state index contributed by atoms with van der Waals surface area (Å²) in [5.74, 6) is -1.80. The average molecular weight is 438 g/mol. The van der Waals surface area contributed by atoms with Crippen molar-refractivity contribution in [3.05, 3.63) is 94.5 Å². The first-order valence-electron chi connectivity index (χ1n) is 9.03. The summed E-state index contributed by atoms with van der Waals surface area (Å²) < 4.78 is 39.0. The summed E-state index contributed by atoms with van der Waals surface area (Å²) in [5.41, 5.74) is -0.589. The van der Waals surface area contributed by atoms with Crippen LogP contribution in [0.4, 0.5) is 10.1 Å². The Morgan fingerprint density at radius 3 is 2.42 bits per heavy atom. The van der Waals surface area contributed by atoms with E-state index in [4.69, 9.17) is 0 Å². The second-order valence-corrected chi connectivity index (χ2v) is 8.56. The molecule has 3 N–H and O–H groups in total. The molecule has 1 aromatic heterocycles. The number of H-pyrrole nitrogens is 1. The van der Waals surface area contributed by atoms with Crippen molar-refractivity contribution < 1.29 is 22.7 Å². The minimum Gasteiger partial charge on any atom is -0.506 e. The molecule has 0 radical (unpaired) electrons. The summed E-state index contributed by atoms with van der Waals surface area (Å²) in [5, 5.41) is 13.2. The predicted molar refractivity (Wildman–Crippen MR) is 112 cm³/mol. The number of hydrogen-bond donors (Lipinski definition) is 3. The van der Waals surface area contributed by atoms with Crippen molar-refractivity contribution in [1.82, 2.24) is 4.98 Å². The number of anilines is 1. The van der Waals surface area contributed by atoms with Crippen LogP contribution in [0.5, 0.6) is 5.75 Å². The molecule has 1 heterocycles. The van der Waals surface area contributed by atoms with Gasteiger partial charge < -0.3 is 15.4 Å². The number of aromatic amines is 1. The van der Waals surface area contributed by atoms with Crippen LogP contribution in [0.25, 0.3) is 10.9 Å². The molecule has 1 amide bonds. The first-order chi connectivity index (χ1) is 14.8. The van der Waals surface area contributed by atoms with Crippen LogP contribution in [0.2, 0.25) is 0 Å². The van der Waals surface area contributed by atoms with Gasteiger partial charge in [0.1, 0.15) is 11.6 Å². The van der Waals surface area contributed by atoms with Crippen LogP contribution in [0.15, 0.2) is 87.4 Å². The van der Waals surface area contributed by atoms with E-state index in [1.807, 2.05) is 0 Å². The number of carbonyl (C=O) groups is 1. The summed E-state index contributed by atoms with van der Waals surface area (Å²) in [4.78, 5) is 26.5. The number of hydrogen-bond acceptors (Lipinski definition) is 5. The highest BCUT2D eigenvalue weighted by molar-refractivity contribution is 7.91. The molecule has 0 spiro atoms. The molecule has 0 fully saturated rings. The van der Waals surface area contributed by atoms with Crippen LogP contribution in [0.3, 0.4) is 0 Å². The quantitative estimate of drug-likeness (QED) is 0.451. The lowest BCUT2D eigenvalue weighted by atomic mass is 10.1. The van der Waals surface area contributed by atoms with Crippen molar-refractivity contribution in [3.63, 3.8) is 0 Å². The molecule has 4 aromatic rings. The molecular formula is C22H15FN2O5S. The molecule has 0 saturated carbocycles. The fourth-order valence-corrected chi connectivity index (χ4v) is 4.55. The van der Waals surface area contributed by atoms with Gasteiger partial charge in [0.2, 0.25) is 9.84 Å². The Hall–Kier alpha value is -3.98. The van der Waals surface area contributed by atoms with Crippen molar-refractivity contribution >= 4 is 32.3 Å². The zero-order valence-electron chi connectivity index (χ0n) is 15.8. The minimum absolute atomic E-state index is 0.0522. The van der Waals surface area contributed by atoms with Crippen LogP contribution < -0.4 is 10.9 Å². The van der Waals surface area contributed by atoms with E-state index < -0.39 is 37.8 Å². The van der Waals surface area contributed by atoms with Gasteiger partial charge in [0.15, 0.2) is 4.90 Å². The Balaban J connectivity index is 1.77. The van der Waals surface area contributed by atoms with E-state index in [9.17, 15) is 27.5 Å². The number of benzene rings is 3. The van der Waals surface area contributed by atoms with Gasteiger partial charge in [-0.3, -0.25) is 9.59 Å². The van der Waals surface area contributed by atoms with E-state index in [0.29, 0.717) is 0 Å². The highest BCUT2D eigenvalue weighted by Crippen LogP contribution is 2.31. The van der Waals surface area contributed by atoms with Crippen LogP contribution in [-0.4, -0.2) is 24.4 Å². The SMILES string of the molecule is O=C(Nc1cccc(F)c1)c1ccc2c(O)c(S(=O)(=O)c3ccccc3)c(=O)[nH]c2c1. The third-order valence-corrected chi connectivity index (χ3v) is 6.42. The van der Waals surface area contributed by atoms with Gasteiger partial charge >= 0.3 is 0 Å².